The lowest BCUT2D eigenvalue weighted by Gasteiger charge is -2.02. The van der Waals surface area contributed by atoms with Gasteiger partial charge in [0.2, 0.25) is 0 Å². The molecule has 2 aromatic carbocycles. The van der Waals surface area contributed by atoms with E-state index < -0.39 is 0 Å². The Morgan fingerprint density at radius 1 is 1.00 bits per heavy atom. The van der Waals surface area contributed by atoms with Crippen LogP contribution < -0.4 is 5.73 Å². The number of aliphatic imine (C=N–C) groups is 1. The standard InChI is InChI=1S/C17H20N2/c1-14-9-11-16(12-10-14)17(18)19-13-5-8-15-6-3-2-4-7-15/h2-4,6-7,9-12H,5,8,13H2,1H3,(H2,18,19). The van der Waals surface area contributed by atoms with Crippen LogP contribution in [0.25, 0.3) is 0 Å². The van der Waals surface area contributed by atoms with E-state index >= 15 is 0 Å². The molecule has 0 saturated carbocycles. The number of hydrogen-bond acceptors (Lipinski definition) is 1. The quantitative estimate of drug-likeness (QED) is 0.495. The maximum Gasteiger partial charge on any atom is 0.125 e. The Balaban J connectivity index is 1.84. The van der Waals surface area contributed by atoms with Crippen molar-refractivity contribution in [2.75, 3.05) is 6.54 Å². The Labute approximate surface area is 115 Å². The summed E-state index contributed by atoms with van der Waals surface area (Å²) in [4.78, 5) is 4.43. The lowest BCUT2D eigenvalue weighted by atomic mass is 10.1. The molecule has 2 rings (SSSR count). The fraction of sp³-hybridized carbons (Fsp3) is 0.235. The molecule has 0 radical (unpaired) electrons. The summed E-state index contributed by atoms with van der Waals surface area (Å²) in [6.45, 7) is 2.84. The highest BCUT2D eigenvalue weighted by molar-refractivity contribution is 5.97. The van der Waals surface area contributed by atoms with E-state index in [1.54, 1.807) is 0 Å². The number of benzene rings is 2. The second kappa shape index (κ2) is 6.74. The molecule has 0 heterocycles. The van der Waals surface area contributed by atoms with Crippen LogP contribution in [0.15, 0.2) is 59.6 Å². The zero-order chi connectivity index (χ0) is 13.5. The van der Waals surface area contributed by atoms with Crippen LogP contribution in [0.3, 0.4) is 0 Å². The normalized spacial score (nSPS) is 11.5. The minimum absolute atomic E-state index is 0.632. The summed E-state index contributed by atoms with van der Waals surface area (Å²) >= 11 is 0. The van der Waals surface area contributed by atoms with Gasteiger partial charge in [-0.15, -0.1) is 0 Å². The molecule has 0 spiro atoms. The molecular weight excluding hydrogens is 232 g/mol. The predicted octanol–water partition coefficient (Wildman–Crippen LogP) is 3.33. The van der Waals surface area contributed by atoms with Crippen molar-refractivity contribution in [1.29, 1.82) is 0 Å². The maximum atomic E-state index is 5.97. The number of nitrogens with zero attached hydrogens (tertiary/aromatic N) is 1. The third-order valence-corrected chi connectivity index (χ3v) is 3.10. The van der Waals surface area contributed by atoms with E-state index in [1.807, 2.05) is 18.2 Å². The average molecular weight is 252 g/mol. The van der Waals surface area contributed by atoms with Gasteiger partial charge in [-0.1, -0.05) is 60.2 Å². The Kier molecular flexibility index (Phi) is 4.73. The minimum atomic E-state index is 0.632. The summed E-state index contributed by atoms with van der Waals surface area (Å²) in [5, 5.41) is 0. The molecule has 0 aromatic heterocycles. The van der Waals surface area contributed by atoms with Crippen molar-refractivity contribution in [2.24, 2.45) is 10.7 Å². The maximum absolute atomic E-state index is 5.97. The van der Waals surface area contributed by atoms with Crippen LogP contribution in [-0.2, 0) is 6.42 Å². The molecule has 0 aliphatic carbocycles. The molecule has 0 fully saturated rings. The van der Waals surface area contributed by atoms with E-state index in [-0.39, 0.29) is 0 Å². The van der Waals surface area contributed by atoms with Crippen molar-refractivity contribution in [3.05, 3.63) is 71.3 Å². The van der Waals surface area contributed by atoms with Crippen LogP contribution >= 0.6 is 0 Å². The summed E-state index contributed by atoms with van der Waals surface area (Å²) in [7, 11) is 0. The molecule has 0 atom stereocenters. The third-order valence-electron chi connectivity index (χ3n) is 3.10. The van der Waals surface area contributed by atoms with Crippen LogP contribution in [-0.4, -0.2) is 12.4 Å². The van der Waals surface area contributed by atoms with Crippen molar-refractivity contribution in [1.82, 2.24) is 0 Å². The van der Waals surface area contributed by atoms with Gasteiger partial charge in [0.05, 0.1) is 0 Å². The number of aryl methyl sites for hydroxylation is 2. The molecule has 0 unspecified atom stereocenters. The minimum Gasteiger partial charge on any atom is -0.384 e. The average Bonchev–Trinajstić information content (AvgIpc) is 2.45. The van der Waals surface area contributed by atoms with Crippen molar-refractivity contribution in [2.45, 2.75) is 19.8 Å². The van der Waals surface area contributed by atoms with Crippen molar-refractivity contribution in [3.63, 3.8) is 0 Å². The second-order valence-electron chi connectivity index (χ2n) is 4.72. The van der Waals surface area contributed by atoms with E-state index in [0.717, 1.165) is 24.9 Å². The predicted molar refractivity (Wildman–Crippen MR) is 81.5 cm³/mol. The molecule has 0 saturated heterocycles. The first-order valence-corrected chi connectivity index (χ1v) is 6.66. The number of rotatable bonds is 5. The lowest BCUT2D eigenvalue weighted by molar-refractivity contribution is 0.832. The molecule has 19 heavy (non-hydrogen) atoms. The van der Waals surface area contributed by atoms with Gasteiger partial charge >= 0.3 is 0 Å². The van der Waals surface area contributed by atoms with E-state index in [2.05, 4.69) is 48.3 Å². The Hall–Kier alpha value is -2.09. The van der Waals surface area contributed by atoms with Crippen LogP contribution in [0, 0.1) is 6.92 Å². The molecule has 0 bridgehead atoms. The number of nitrogens with two attached hydrogens (primary N) is 1. The van der Waals surface area contributed by atoms with Gasteiger partial charge < -0.3 is 5.73 Å². The van der Waals surface area contributed by atoms with Gasteiger partial charge in [0.1, 0.15) is 5.84 Å². The summed E-state index contributed by atoms with van der Waals surface area (Å²) < 4.78 is 0. The van der Waals surface area contributed by atoms with Crippen molar-refractivity contribution in [3.8, 4) is 0 Å². The Morgan fingerprint density at radius 3 is 2.37 bits per heavy atom. The molecule has 0 aliphatic heterocycles. The van der Waals surface area contributed by atoms with Crippen LogP contribution in [0.5, 0.6) is 0 Å². The van der Waals surface area contributed by atoms with Crippen LogP contribution in [0.1, 0.15) is 23.1 Å². The molecule has 0 aliphatic rings. The molecule has 2 nitrogen and oxygen atoms in total. The second-order valence-corrected chi connectivity index (χ2v) is 4.72. The third kappa shape index (κ3) is 4.25. The highest BCUT2D eigenvalue weighted by atomic mass is 14.8. The Morgan fingerprint density at radius 2 is 1.68 bits per heavy atom. The van der Waals surface area contributed by atoms with E-state index in [9.17, 15) is 0 Å². The highest BCUT2D eigenvalue weighted by Gasteiger charge is 1.97. The first-order valence-electron chi connectivity index (χ1n) is 6.66. The van der Waals surface area contributed by atoms with Gasteiger partial charge in [-0.3, -0.25) is 4.99 Å². The largest absolute Gasteiger partial charge is 0.384 e. The molecule has 2 N–H and O–H groups in total. The number of hydrogen-bond donors (Lipinski definition) is 1. The lowest BCUT2D eigenvalue weighted by Crippen LogP contribution is -2.14. The first-order chi connectivity index (χ1) is 9.25. The van der Waals surface area contributed by atoms with Crippen molar-refractivity contribution < 1.29 is 0 Å². The van der Waals surface area contributed by atoms with E-state index in [1.165, 1.54) is 11.1 Å². The topological polar surface area (TPSA) is 38.4 Å². The number of amidine groups is 1. The molecule has 2 heteroatoms. The fourth-order valence-corrected chi connectivity index (χ4v) is 1.94. The molecule has 2 aromatic rings. The smallest absolute Gasteiger partial charge is 0.125 e. The summed E-state index contributed by atoms with van der Waals surface area (Å²) in [6, 6.07) is 18.6. The summed E-state index contributed by atoms with van der Waals surface area (Å²) in [5.74, 6) is 0.632. The van der Waals surface area contributed by atoms with E-state index in [0.29, 0.717) is 5.84 Å². The van der Waals surface area contributed by atoms with E-state index in [4.69, 9.17) is 5.73 Å². The fourth-order valence-electron chi connectivity index (χ4n) is 1.94. The SMILES string of the molecule is Cc1ccc(C(N)=NCCCc2ccccc2)cc1. The summed E-state index contributed by atoms with van der Waals surface area (Å²) in [5.41, 5.74) is 9.57. The van der Waals surface area contributed by atoms with Gasteiger partial charge in [-0.2, -0.15) is 0 Å². The summed E-state index contributed by atoms with van der Waals surface area (Å²) in [6.07, 6.45) is 2.07. The molecule has 0 amide bonds. The van der Waals surface area contributed by atoms with Crippen LogP contribution in [0.4, 0.5) is 0 Å². The van der Waals surface area contributed by atoms with Crippen LogP contribution in [0.2, 0.25) is 0 Å². The van der Waals surface area contributed by atoms with Crippen molar-refractivity contribution >= 4 is 5.84 Å². The van der Waals surface area contributed by atoms with Gasteiger partial charge in [0.15, 0.2) is 0 Å². The molecule has 98 valence electrons. The van der Waals surface area contributed by atoms with Gasteiger partial charge in [-0.05, 0) is 25.3 Å². The zero-order valence-corrected chi connectivity index (χ0v) is 11.3. The van der Waals surface area contributed by atoms with Gasteiger partial charge in [0, 0.05) is 12.1 Å². The molecular formula is C17H20N2. The van der Waals surface area contributed by atoms with Gasteiger partial charge in [-0.25, -0.2) is 0 Å². The van der Waals surface area contributed by atoms with Gasteiger partial charge in [0.25, 0.3) is 0 Å². The monoisotopic (exact) mass is 252 g/mol. The first kappa shape index (κ1) is 13.3. The highest BCUT2D eigenvalue weighted by Crippen LogP contribution is 2.04. The zero-order valence-electron chi connectivity index (χ0n) is 11.3. The Bertz CT molecular complexity index is 527.